The van der Waals surface area contributed by atoms with Gasteiger partial charge in [-0.3, -0.25) is 24.0 Å². The van der Waals surface area contributed by atoms with Crippen LogP contribution in [0.15, 0.2) is 91.3 Å². The molecule has 0 unspecified atom stereocenters. The second-order valence-corrected chi connectivity index (χ2v) is 12.8. The Kier molecular flexibility index (Phi) is 10.8. The number of fused-ring (bicyclic) bond motifs is 4. The third-order valence-corrected chi connectivity index (χ3v) is 9.09. The van der Waals surface area contributed by atoms with Crippen LogP contribution in [0.3, 0.4) is 0 Å². The Morgan fingerprint density at radius 2 is 1.56 bits per heavy atom. The molecule has 0 saturated carbocycles. The maximum Gasteiger partial charge on any atom is 0.243 e. The highest BCUT2D eigenvalue weighted by Gasteiger charge is 2.32. The molecule has 4 bridgehead atoms. The largest absolute Gasteiger partial charge is 0.457 e. The van der Waals surface area contributed by atoms with Crippen LogP contribution in [0.2, 0.25) is 0 Å². The van der Waals surface area contributed by atoms with E-state index in [1.54, 1.807) is 10.9 Å². The number of carbonyl (C=O) groups is 3. The van der Waals surface area contributed by atoms with Crippen LogP contribution in [0.1, 0.15) is 47.9 Å². The van der Waals surface area contributed by atoms with Crippen LogP contribution < -0.4 is 20.7 Å². The third-order valence-electron chi connectivity index (χ3n) is 9.09. The monoisotopic (exact) mass is 648 g/mol. The molecule has 3 aromatic carbocycles. The minimum atomic E-state index is -0.894. The van der Waals surface area contributed by atoms with Gasteiger partial charge in [-0.05, 0) is 86.1 Å². The molecule has 250 valence electrons. The lowest BCUT2D eigenvalue weighted by atomic mass is 9.98. The highest BCUT2D eigenvalue weighted by molar-refractivity contribution is 5.93. The number of aryl methyl sites for hydroxylation is 2. The molecule has 2 aliphatic rings. The van der Waals surface area contributed by atoms with E-state index in [4.69, 9.17) is 4.74 Å². The number of nitrogens with one attached hydrogen (secondary N) is 3. The van der Waals surface area contributed by atoms with E-state index in [0.29, 0.717) is 30.8 Å². The average molecular weight is 649 g/mol. The topological polar surface area (TPSA) is 118 Å². The molecule has 1 saturated heterocycles. The Morgan fingerprint density at radius 3 is 2.25 bits per heavy atom. The van der Waals surface area contributed by atoms with Crippen LogP contribution in [0.25, 0.3) is 0 Å². The normalized spacial score (nSPS) is 20.6. The fourth-order valence-electron chi connectivity index (χ4n) is 6.53. The van der Waals surface area contributed by atoms with Crippen molar-refractivity contribution in [3.8, 4) is 11.5 Å². The number of benzene rings is 3. The second kappa shape index (κ2) is 15.8. The zero-order valence-corrected chi connectivity index (χ0v) is 27.4. The lowest BCUT2D eigenvalue weighted by Crippen LogP contribution is -2.58. The van der Waals surface area contributed by atoms with Crippen molar-refractivity contribution in [3.05, 3.63) is 114 Å². The molecule has 3 heterocycles. The third kappa shape index (κ3) is 8.89. The van der Waals surface area contributed by atoms with Crippen LogP contribution >= 0.6 is 0 Å². The number of carbonyl (C=O) groups excluding carboxylic acids is 3. The fraction of sp³-hybridized carbons (Fsp3) is 0.368. The number of piperidine rings is 1. The smallest absolute Gasteiger partial charge is 0.243 e. The zero-order chi connectivity index (χ0) is 33.3. The van der Waals surface area contributed by atoms with Crippen molar-refractivity contribution < 1.29 is 19.1 Å². The molecule has 2 aliphatic heterocycles. The van der Waals surface area contributed by atoms with Crippen LogP contribution in [0.4, 0.5) is 0 Å². The van der Waals surface area contributed by atoms with E-state index >= 15 is 0 Å². The highest BCUT2D eigenvalue weighted by Crippen LogP contribution is 2.26. The first-order valence-corrected chi connectivity index (χ1v) is 16.9. The zero-order valence-electron chi connectivity index (χ0n) is 27.4. The van der Waals surface area contributed by atoms with Crippen molar-refractivity contribution >= 4 is 17.7 Å². The summed E-state index contributed by atoms with van der Waals surface area (Å²) < 4.78 is 7.95. The van der Waals surface area contributed by atoms with Gasteiger partial charge in [-0.15, -0.1) is 0 Å². The predicted molar refractivity (Wildman–Crippen MR) is 183 cm³/mol. The molecular formula is C38H44N6O4. The quantitative estimate of drug-likeness (QED) is 0.278. The van der Waals surface area contributed by atoms with E-state index in [1.165, 1.54) is 0 Å². The Morgan fingerprint density at radius 1 is 0.854 bits per heavy atom. The van der Waals surface area contributed by atoms with Crippen LogP contribution in [0, 0.1) is 0 Å². The van der Waals surface area contributed by atoms with E-state index in [2.05, 4.69) is 25.9 Å². The van der Waals surface area contributed by atoms with Gasteiger partial charge in [0, 0.05) is 31.8 Å². The fourth-order valence-corrected chi connectivity index (χ4v) is 6.53. The van der Waals surface area contributed by atoms with E-state index in [1.807, 2.05) is 92.1 Å². The SMILES string of the molecule is Cn1cc(CNC(=O)[C@@H]2Cc3cccc(c3)Oc3cccc(c3)C[C@H](N3CCCCC3)C(=O)N[C@@H](CCc3ccccc3)C(=O)N2)cn1. The van der Waals surface area contributed by atoms with Gasteiger partial charge in [-0.2, -0.15) is 5.10 Å². The first-order valence-electron chi connectivity index (χ1n) is 16.9. The molecule has 10 nitrogen and oxygen atoms in total. The standard InChI is InChI=1S/C38H44N6O4/c1-43-26-30(25-40-43)24-39-36(45)34-22-28-12-8-14-31(20-28)48-32-15-9-13-29(21-32)23-35(44-18-6-3-7-19-44)38(47)41-33(37(46)42-34)17-16-27-10-4-2-5-11-27/h2,4-5,8-15,20-21,25-26,33-35H,3,6-7,16-19,22-24H2,1H3,(H,39,45)(H,41,47)(H,42,46)/t33-,34-,35-/m0/s1. The van der Waals surface area contributed by atoms with E-state index in [9.17, 15) is 14.4 Å². The van der Waals surface area contributed by atoms with Crippen molar-refractivity contribution in [2.24, 2.45) is 7.05 Å². The summed E-state index contributed by atoms with van der Waals surface area (Å²) >= 11 is 0. The minimum absolute atomic E-state index is 0.189. The predicted octanol–water partition coefficient (Wildman–Crippen LogP) is 4.08. The molecule has 0 spiro atoms. The van der Waals surface area contributed by atoms with Crippen LogP contribution in [0.5, 0.6) is 11.5 Å². The number of hydrogen-bond acceptors (Lipinski definition) is 6. The summed E-state index contributed by atoms with van der Waals surface area (Å²) in [6.07, 6.45) is 8.41. The van der Waals surface area contributed by atoms with Gasteiger partial charge >= 0.3 is 0 Å². The number of amides is 3. The van der Waals surface area contributed by atoms with Crippen molar-refractivity contribution in [2.75, 3.05) is 13.1 Å². The molecule has 4 aromatic rings. The van der Waals surface area contributed by atoms with E-state index < -0.39 is 18.1 Å². The number of rotatable bonds is 7. The van der Waals surface area contributed by atoms with Gasteiger partial charge in [0.25, 0.3) is 0 Å². The van der Waals surface area contributed by atoms with Gasteiger partial charge in [-0.1, -0.05) is 61.0 Å². The molecule has 1 aromatic heterocycles. The first-order chi connectivity index (χ1) is 23.4. The van der Waals surface area contributed by atoms with Crippen molar-refractivity contribution in [1.29, 1.82) is 0 Å². The molecule has 3 N–H and O–H groups in total. The van der Waals surface area contributed by atoms with Gasteiger partial charge in [0.05, 0.1) is 12.2 Å². The molecule has 0 aliphatic carbocycles. The molecule has 0 radical (unpaired) electrons. The summed E-state index contributed by atoms with van der Waals surface area (Å²) in [6, 6.07) is 23.2. The Bertz CT molecular complexity index is 1700. The Hall–Kier alpha value is -4.96. The lowest BCUT2D eigenvalue weighted by molar-refractivity contribution is -0.134. The number of ether oxygens (including phenoxy) is 1. The molecule has 3 atom stereocenters. The van der Waals surface area contributed by atoms with Crippen LogP contribution in [-0.4, -0.2) is 63.6 Å². The summed E-state index contributed by atoms with van der Waals surface area (Å²) in [5, 5.41) is 13.3. The average Bonchev–Trinajstić information content (AvgIpc) is 3.53. The van der Waals surface area contributed by atoms with Gasteiger partial charge in [0.2, 0.25) is 17.7 Å². The van der Waals surface area contributed by atoms with E-state index in [-0.39, 0.29) is 30.7 Å². The highest BCUT2D eigenvalue weighted by atomic mass is 16.5. The first kappa shape index (κ1) is 33.0. The number of nitrogens with zero attached hydrogens (tertiary/aromatic N) is 3. The molecule has 3 amide bonds. The van der Waals surface area contributed by atoms with E-state index in [0.717, 1.165) is 54.6 Å². The molecule has 48 heavy (non-hydrogen) atoms. The van der Waals surface area contributed by atoms with Crippen molar-refractivity contribution in [2.45, 2.75) is 69.6 Å². The number of likely N-dealkylation sites (tertiary alicyclic amines) is 1. The number of aromatic nitrogens is 2. The van der Waals surface area contributed by atoms with Gasteiger partial charge in [-0.25, -0.2) is 0 Å². The summed E-state index contributed by atoms with van der Waals surface area (Å²) in [5.74, 6) is 0.399. The van der Waals surface area contributed by atoms with Crippen molar-refractivity contribution in [3.63, 3.8) is 0 Å². The Labute approximate surface area is 281 Å². The summed E-state index contributed by atoms with van der Waals surface area (Å²) in [5.41, 5.74) is 3.73. The summed E-state index contributed by atoms with van der Waals surface area (Å²) in [7, 11) is 1.82. The van der Waals surface area contributed by atoms with Gasteiger partial charge < -0.3 is 20.7 Å². The maximum absolute atomic E-state index is 14.2. The maximum atomic E-state index is 14.2. The molecule has 1 fully saturated rings. The summed E-state index contributed by atoms with van der Waals surface area (Å²) in [4.78, 5) is 44.3. The van der Waals surface area contributed by atoms with Crippen LogP contribution in [-0.2, 0) is 47.2 Å². The lowest BCUT2D eigenvalue weighted by Gasteiger charge is -2.35. The molecular weight excluding hydrogens is 604 g/mol. The molecule has 10 heteroatoms. The Balaban J connectivity index is 1.33. The molecule has 6 rings (SSSR count). The number of hydrogen-bond donors (Lipinski definition) is 3. The second-order valence-electron chi connectivity index (χ2n) is 12.8. The van der Waals surface area contributed by atoms with Gasteiger partial charge in [0.1, 0.15) is 23.6 Å². The van der Waals surface area contributed by atoms with Gasteiger partial charge in [0.15, 0.2) is 0 Å². The minimum Gasteiger partial charge on any atom is -0.457 e. The summed E-state index contributed by atoms with van der Waals surface area (Å²) in [6.45, 7) is 1.91. The van der Waals surface area contributed by atoms with Crippen molar-refractivity contribution in [1.82, 2.24) is 30.6 Å².